The van der Waals surface area contributed by atoms with E-state index in [1.165, 1.54) is 0 Å². The molecule has 2 aromatic rings. The minimum atomic E-state index is -0.623. The Morgan fingerprint density at radius 2 is 1.96 bits per heavy atom. The molecule has 0 aliphatic carbocycles. The molecule has 0 aliphatic heterocycles. The summed E-state index contributed by atoms with van der Waals surface area (Å²) in [6.07, 6.45) is 0. The maximum Gasteiger partial charge on any atom is 0.340 e. The van der Waals surface area contributed by atoms with Crippen molar-refractivity contribution >= 4 is 29.2 Å². The van der Waals surface area contributed by atoms with E-state index in [9.17, 15) is 9.59 Å². The Morgan fingerprint density at radius 3 is 2.67 bits per heavy atom. The third kappa shape index (κ3) is 4.49. The molecule has 0 spiro atoms. The van der Waals surface area contributed by atoms with E-state index in [0.29, 0.717) is 10.7 Å². The number of esters is 1. The van der Waals surface area contributed by atoms with Crippen LogP contribution < -0.4 is 11.1 Å². The van der Waals surface area contributed by atoms with Crippen molar-refractivity contribution in [2.75, 3.05) is 12.3 Å². The van der Waals surface area contributed by atoms with Gasteiger partial charge in [-0.1, -0.05) is 35.9 Å². The minimum Gasteiger partial charge on any atom is -0.452 e. The number of carbonyl (C=O) groups excluding carboxylic acids is 2. The number of aryl methyl sites for hydroxylation is 1. The second kappa shape index (κ2) is 7.84. The average Bonchev–Trinajstić information content (AvgIpc) is 2.55. The van der Waals surface area contributed by atoms with Gasteiger partial charge in [0, 0.05) is 10.7 Å². The molecule has 6 heteroatoms. The van der Waals surface area contributed by atoms with Gasteiger partial charge in [0.2, 0.25) is 0 Å². The Morgan fingerprint density at radius 1 is 1.25 bits per heavy atom. The standard InChI is InChI=1S/C18H19ClN2O3/c1-11-5-3-8-15(17(11)20)18(23)24-10-16(22)21-12(2)13-6-4-7-14(19)9-13/h3-9,12H,10,20H2,1-2H3,(H,21,22)/t12-/m0/s1. The summed E-state index contributed by atoms with van der Waals surface area (Å²) in [5.41, 5.74) is 8.11. The molecule has 0 aliphatic rings. The first-order valence-corrected chi connectivity index (χ1v) is 7.83. The van der Waals surface area contributed by atoms with Crippen LogP contribution in [0.3, 0.4) is 0 Å². The van der Waals surface area contributed by atoms with Gasteiger partial charge in [0.25, 0.3) is 5.91 Å². The molecule has 0 saturated heterocycles. The van der Waals surface area contributed by atoms with E-state index in [0.717, 1.165) is 11.1 Å². The molecule has 5 nitrogen and oxygen atoms in total. The number of anilines is 1. The zero-order valence-electron chi connectivity index (χ0n) is 13.5. The molecule has 2 aromatic carbocycles. The number of ether oxygens (including phenoxy) is 1. The second-order valence-corrected chi connectivity index (χ2v) is 5.89. The molecule has 1 atom stereocenters. The highest BCUT2D eigenvalue weighted by Crippen LogP contribution is 2.18. The number of rotatable bonds is 5. The summed E-state index contributed by atoms with van der Waals surface area (Å²) in [6, 6.07) is 12.0. The number of nitrogen functional groups attached to an aromatic ring is 1. The number of nitrogens with one attached hydrogen (secondary N) is 1. The van der Waals surface area contributed by atoms with Crippen molar-refractivity contribution in [3.63, 3.8) is 0 Å². The van der Waals surface area contributed by atoms with Crippen LogP contribution in [0.2, 0.25) is 5.02 Å². The highest BCUT2D eigenvalue weighted by atomic mass is 35.5. The molecule has 0 unspecified atom stereocenters. The fourth-order valence-electron chi connectivity index (χ4n) is 2.21. The molecule has 0 bridgehead atoms. The van der Waals surface area contributed by atoms with Crippen LogP contribution in [0.4, 0.5) is 5.69 Å². The SMILES string of the molecule is Cc1cccc(C(=O)OCC(=O)N[C@@H](C)c2cccc(Cl)c2)c1N. The lowest BCUT2D eigenvalue weighted by atomic mass is 10.1. The van der Waals surface area contributed by atoms with Crippen molar-refractivity contribution in [2.24, 2.45) is 0 Å². The largest absolute Gasteiger partial charge is 0.452 e. The fourth-order valence-corrected chi connectivity index (χ4v) is 2.41. The summed E-state index contributed by atoms with van der Waals surface area (Å²) < 4.78 is 5.03. The third-order valence-electron chi connectivity index (χ3n) is 3.60. The Hall–Kier alpha value is -2.53. The van der Waals surface area contributed by atoms with E-state index in [2.05, 4.69) is 5.32 Å². The topological polar surface area (TPSA) is 81.4 Å². The number of halogens is 1. The Kier molecular flexibility index (Phi) is 5.82. The number of hydrogen-bond donors (Lipinski definition) is 2. The van der Waals surface area contributed by atoms with E-state index in [4.69, 9.17) is 22.1 Å². The second-order valence-electron chi connectivity index (χ2n) is 5.46. The lowest BCUT2D eigenvalue weighted by Crippen LogP contribution is -2.31. The van der Waals surface area contributed by atoms with E-state index < -0.39 is 11.9 Å². The number of para-hydroxylation sites is 1. The van der Waals surface area contributed by atoms with E-state index >= 15 is 0 Å². The molecule has 0 aromatic heterocycles. The van der Waals surface area contributed by atoms with Crippen LogP contribution in [0, 0.1) is 6.92 Å². The summed E-state index contributed by atoms with van der Waals surface area (Å²) in [5, 5.41) is 3.34. The molecule has 24 heavy (non-hydrogen) atoms. The summed E-state index contributed by atoms with van der Waals surface area (Å²) in [5.74, 6) is -1.02. The van der Waals surface area contributed by atoms with Crippen LogP contribution in [0.15, 0.2) is 42.5 Å². The van der Waals surface area contributed by atoms with Gasteiger partial charge in [0.15, 0.2) is 6.61 Å². The van der Waals surface area contributed by atoms with Crippen LogP contribution in [0.25, 0.3) is 0 Å². The van der Waals surface area contributed by atoms with Crippen LogP contribution >= 0.6 is 11.6 Å². The molecule has 2 rings (SSSR count). The fraction of sp³-hybridized carbons (Fsp3) is 0.222. The maximum atomic E-state index is 12.0. The molecule has 0 heterocycles. The Bertz CT molecular complexity index is 762. The number of carbonyl (C=O) groups is 2. The lowest BCUT2D eigenvalue weighted by molar-refractivity contribution is -0.124. The summed E-state index contributed by atoms with van der Waals surface area (Å²) in [4.78, 5) is 24.0. The first-order valence-electron chi connectivity index (χ1n) is 7.45. The third-order valence-corrected chi connectivity index (χ3v) is 3.84. The van der Waals surface area contributed by atoms with Crippen molar-refractivity contribution in [3.05, 3.63) is 64.2 Å². The summed E-state index contributed by atoms with van der Waals surface area (Å²) in [7, 11) is 0. The van der Waals surface area contributed by atoms with Gasteiger partial charge in [-0.2, -0.15) is 0 Å². The normalized spacial score (nSPS) is 11.6. The van der Waals surface area contributed by atoms with Gasteiger partial charge in [0.1, 0.15) is 0 Å². The van der Waals surface area contributed by atoms with Crippen molar-refractivity contribution in [2.45, 2.75) is 19.9 Å². The van der Waals surface area contributed by atoms with Crippen molar-refractivity contribution in [3.8, 4) is 0 Å². The molecular formula is C18H19ClN2O3. The average molecular weight is 347 g/mol. The number of hydrogen-bond acceptors (Lipinski definition) is 4. The van der Waals surface area contributed by atoms with Gasteiger partial charge in [-0.15, -0.1) is 0 Å². The van der Waals surface area contributed by atoms with Gasteiger partial charge in [-0.3, -0.25) is 4.79 Å². The predicted molar refractivity (Wildman–Crippen MR) is 93.9 cm³/mol. The maximum absolute atomic E-state index is 12.0. The van der Waals surface area contributed by atoms with Crippen LogP contribution in [0.5, 0.6) is 0 Å². The first kappa shape index (κ1) is 17.8. The van der Waals surface area contributed by atoms with Crippen LogP contribution in [-0.4, -0.2) is 18.5 Å². The molecule has 126 valence electrons. The molecule has 0 radical (unpaired) electrons. The van der Waals surface area contributed by atoms with E-state index in [1.807, 2.05) is 13.0 Å². The monoisotopic (exact) mass is 346 g/mol. The highest BCUT2D eigenvalue weighted by Gasteiger charge is 2.15. The quantitative estimate of drug-likeness (QED) is 0.643. The van der Waals surface area contributed by atoms with Crippen molar-refractivity contribution in [1.82, 2.24) is 5.32 Å². The predicted octanol–water partition coefficient (Wildman–Crippen LogP) is 3.26. The lowest BCUT2D eigenvalue weighted by Gasteiger charge is -2.15. The van der Waals surface area contributed by atoms with Gasteiger partial charge in [0.05, 0.1) is 11.6 Å². The molecule has 3 N–H and O–H groups in total. The van der Waals surface area contributed by atoms with Crippen LogP contribution in [0.1, 0.15) is 34.5 Å². The highest BCUT2D eigenvalue weighted by molar-refractivity contribution is 6.30. The van der Waals surface area contributed by atoms with Gasteiger partial charge in [-0.05, 0) is 43.2 Å². The Balaban J connectivity index is 1.91. The van der Waals surface area contributed by atoms with Gasteiger partial charge >= 0.3 is 5.97 Å². The molecular weight excluding hydrogens is 328 g/mol. The summed E-state index contributed by atoms with van der Waals surface area (Å²) >= 11 is 5.93. The van der Waals surface area contributed by atoms with Gasteiger partial charge < -0.3 is 15.8 Å². The zero-order valence-corrected chi connectivity index (χ0v) is 14.3. The number of benzene rings is 2. The number of amides is 1. The molecule has 0 fully saturated rings. The first-order chi connectivity index (χ1) is 11.4. The van der Waals surface area contributed by atoms with E-state index in [1.54, 1.807) is 43.3 Å². The Labute approximate surface area is 145 Å². The summed E-state index contributed by atoms with van der Waals surface area (Å²) in [6.45, 7) is 3.24. The van der Waals surface area contributed by atoms with E-state index in [-0.39, 0.29) is 18.2 Å². The van der Waals surface area contributed by atoms with Crippen molar-refractivity contribution < 1.29 is 14.3 Å². The van der Waals surface area contributed by atoms with Crippen molar-refractivity contribution in [1.29, 1.82) is 0 Å². The molecule has 0 saturated carbocycles. The number of nitrogens with two attached hydrogens (primary N) is 1. The van der Waals surface area contributed by atoms with Gasteiger partial charge in [-0.25, -0.2) is 4.79 Å². The zero-order chi connectivity index (χ0) is 17.7. The molecule has 1 amide bonds. The minimum absolute atomic E-state index is 0.251. The smallest absolute Gasteiger partial charge is 0.340 e. The van der Waals surface area contributed by atoms with Crippen LogP contribution in [-0.2, 0) is 9.53 Å².